The van der Waals surface area contributed by atoms with Gasteiger partial charge in [0, 0.05) is 31.6 Å². The summed E-state index contributed by atoms with van der Waals surface area (Å²) in [6.45, 7) is 1.86. The standard InChI is InChI=1S/C16H19N5O3/c1-20-6-7-21(9-10(8-20)14(17)22)16(24)13-11-4-2-3-5-12(11)15(23)19-18-13/h2-5,10H,6-9H2,1H3,(H2,17,22)(H,19,23)/t10-/m0/s1. The van der Waals surface area contributed by atoms with E-state index in [0.29, 0.717) is 30.4 Å². The van der Waals surface area contributed by atoms with E-state index in [4.69, 9.17) is 5.73 Å². The van der Waals surface area contributed by atoms with Crippen molar-refractivity contribution in [3.8, 4) is 0 Å². The molecule has 0 spiro atoms. The van der Waals surface area contributed by atoms with E-state index in [1.165, 1.54) is 0 Å². The van der Waals surface area contributed by atoms with E-state index in [9.17, 15) is 14.4 Å². The number of carbonyl (C=O) groups excluding carboxylic acids is 2. The number of benzene rings is 1. The average molecular weight is 329 g/mol. The monoisotopic (exact) mass is 329 g/mol. The van der Waals surface area contributed by atoms with Crippen molar-refractivity contribution in [2.75, 3.05) is 33.2 Å². The predicted octanol–water partition coefficient (Wildman–Crippen LogP) is -0.588. The number of hydrogen-bond donors (Lipinski definition) is 2. The van der Waals surface area contributed by atoms with Gasteiger partial charge in [0.1, 0.15) is 0 Å². The van der Waals surface area contributed by atoms with Gasteiger partial charge in [-0.1, -0.05) is 18.2 Å². The van der Waals surface area contributed by atoms with Gasteiger partial charge >= 0.3 is 0 Å². The zero-order chi connectivity index (χ0) is 17.3. The highest BCUT2D eigenvalue weighted by Gasteiger charge is 2.29. The Hall–Kier alpha value is -2.74. The van der Waals surface area contributed by atoms with Gasteiger partial charge in [-0.2, -0.15) is 5.10 Å². The van der Waals surface area contributed by atoms with Crippen molar-refractivity contribution < 1.29 is 9.59 Å². The van der Waals surface area contributed by atoms with E-state index in [1.54, 1.807) is 29.2 Å². The van der Waals surface area contributed by atoms with Crippen molar-refractivity contribution in [2.45, 2.75) is 0 Å². The lowest BCUT2D eigenvalue weighted by molar-refractivity contribution is -0.122. The Balaban J connectivity index is 1.98. The molecular formula is C16H19N5O3. The van der Waals surface area contributed by atoms with Crippen LogP contribution in [0, 0.1) is 5.92 Å². The predicted molar refractivity (Wildman–Crippen MR) is 88.4 cm³/mol. The molecule has 1 saturated heterocycles. The first-order valence-corrected chi connectivity index (χ1v) is 7.72. The molecule has 0 radical (unpaired) electrons. The summed E-state index contributed by atoms with van der Waals surface area (Å²) in [6, 6.07) is 6.83. The van der Waals surface area contributed by atoms with Crippen LogP contribution in [0.15, 0.2) is 29.1 Å². The number of rotatable bonds is 2. The molecule has 24 heavy (non-hydrogen) atoms. The molecule has 0 bridgehead atoms. The van der Waals surface area contributed by atoms with Crippen LogP contribution in [0.2, 0.25) is 0 Å². The summed E-state index contributed by atoms with van der Waals surface area (Å²) in [7, 11) is 1.89. The van der Waals surface area contributed by atoms with E-state index < -0.39 is 11.8 Å². The second kappa shape index (κ2) is 6.40. The molecule has 2 heterocycles. The van der Waals surface area contributed by atoms with Crippen LogP contribution in [0.3, 0.4) is 0 Å². The molecule has 1 aromatic heterocycles. The molecule has 0 saturated carbocycles. The molecule has 1 aromatic carbocycles. The molecule has 0 unspecified atom stereocenters. The molecule has 1 aliphatic rings. The quantitative estimate of drug-likeness (QED) is 0.765. The molecule has 1 aliphatic heterocycles. The Bertz CT molecular complexity index is 847. The Morgan fingerprint density at radius 3 is 2.62 bits per heavy atom. The number of nitrogens with one attached hydrogen (secondary N) is 1. The van der Waals surface area contributed by atoms with Crippen LogP contribution in [0.1, 0.15) is 10.5 Å². The van der Waals surface area contributed by atoms with Crippen molar-refractivity contribution >= 4 is 22.6 Å². The number of nitrogens with two attached hydrogens (primary N) is 1. The molecule has 2 aromatic rings. The lowest BCUT2D eigenvalue weighted by atomic mass is 10.1. The van der Waals surface area contributed by atoms with E-state index in [1.807, 2.05) is 11.9 Å². The van der Waals surface area contributed by atoms with E-state index >= 15 is 0 Å². The summed E-state index contributed by atoms with van der Waals surface area (Å²) >= 11 is 0. The number of aromatic nitrogens is 2. The fourth-order valence-corrected chi connectivity index (χ4v) is 2.97. The topological polar surface area (TPSA) is 112 Å². The highest BCUT2D eigenvalue weighted by molar-refractivity contribution is 6.04. The van der Waals surface area contributed by atoms with Gasteiger partial charge in [0.2, 0.25) is 5.91 Å². The lowest BCUT2D eigenvalue weighted by Crippen LogP contribution is -2.40. The number of aromatic amines is 1. The summed E-state index contributed by atoms with van der Waals surface area (Å²) in [5.74, 6) is -1.18. The number of primary amides is 1. The fourth-order valence-electron chi connectivity index (χ4n) is 2.97. The highest BCUT2D eigenvalue weighted by Crippen LogP contribution is 2.17. The maximum Gasteiger partial charge on any atom is 0.275 e. The Morgan fingerprint density at radius 2 is 1.92 bits per heavy atom. The Kier molecular flexibility index (Phi) is 4.30. The molecule has 8 nitrogen and oxygen atoms in total. The normalized spacial score (nSPS) is 19.2. The van der Waals surface area contributed by atoms with E-state index in [0.717, 1.165) is 0 Å². The van der Waals surface area contributed by atoms with Crippen LogP contribution < -0.4 is 11.3 Å². The van der Waals surface area contributed by atoms with Crippen molar-refractivity contribution in [3.63, 3.8) is 0 Å². The first-order valence-electron chi connectivity index (χ1n) is 7.72. The summed E-state index contributed by atoms with van der Waals surface area (Å²) in [4.78, 5) is 39.9. The van der Waals surface area contributed by atoms with Gasteiger partial charge in [-0.05, 0) is 13.1 Å². The second-order valence-electron chi connectivity index (χ2n) is 6.06. The van der Waals surface area contributed by atoms with Crippen molar-refractivity contribution in [3.05, 3.63) is 40.3 Å². The van der Waals surface area contributed by atoms with Crippen LogP contribution in [0.25, 0.3) is 10.8 Å². The van der Waals surface area contributed by atoms with Gasteiger partial charge in [0.25, 0.3) is 11.5 Å². The third kappa shape index (κ3) is 3.00. The van der Waals surface area contributed by atoms with Gasteiger partial charge in [-0.15, -0.1) is 0 Å². The maximum atomic E-state index is 12.9. The molecule has 8 heteroatoms. The van der Waals surface area contributed by atoms with Crippen molar-refractivity contribution in [2.24, 2.45) is 11.7 Å². The number of fused-ring (bicyclic) bond motifs is 1. The Labute approximate surface area is 138 Å². The van der Waals surface area contributed by atoms with Crippen LogP contribution in [0.4, 0.5) is 0 Å². The number of H-pyrrole nitrogens is 1. The van der Waals surface area contributed by atoms with Crippen molar-refractivity contribution in [1.29, 1.82) is 0 Å². The molecular weight excluding hydrogens is 310 g/mol. The molecule has 2 amide bonds. The lowest BCUT2D eigenvalue weighted by Gasteiger charge is -2.22. The molecule has 1 atom stereocenters. The summed E-state index contributed by atoms with van der Waals surface area (Å²) in [5.41, 5.74) is 5.28. The second-order valence-corrected chi connectivity index (χ2v) is 6.06. The van der Waals surface area contributed by atoms with Crippen LogP contribution in [0.5, 0.6) is 0 Å². The average Bonchev–Trinajstić information content (AvgIpc) is 2.77. The summed E-state index contributed by atoms with van der Waals surface area (Å²) < 4.78 is 0. The third-order valence-corrected chi connectivity index (χ3v) is 4.31. The van der Waals surface area contributed by atoms with Gasteiger partial charge < -0.3 is 15.5 Å². The first-order chi connectivity index (χ1) is 11.5. The SMILES string of the molecule is CN1CCN(C(=O)c2n[nH]c(=O)c3ccccc23)C[C@@H](C(N)=O)C1. The molecule has 126 valence electrons. The van der Waals surface area contributed by atoms with Gasteiger partial charge in [0.05, 0.1) is 11.3 Å². The zero-order valence-electron chi connectivity index (χ0n) is 13.4. The largest absolute Gasteiger partial charge is 0.369 e. The number of hydrogen-bond acceptors (Lipinski definition) is 5. The minimum Gasteiger partial charge on any atom is -0.369 e. The maximum absolute atomic E-state index is 12.9. The minimum atomic E-state index is -0.435. The van der Waals surface area contributed by atoms with Crippen LogP contribution in [-0.4, -0.2) is 65.0 Å². The molecule has 1 fully saturated rings. The van der Waals surface area contributed by atoms with Gasteiger partial charge in [0.15, 0.2) is 5.69 Å². The minimum absolute atomic E-state index is 0.179. The number of amides is 2. The van der Waals surface area contributed by atoms with Gasteiger partial charge in [-0.3, -0.25) is 14.4 Å². The fraction of sp³-hybridized carbons (Fsp3) is 0.375. The zero-order valence-corrected chi connectivity index (χ0v) is 13.4. The van der Waals surface area contributed by atoms with Crippen LogP contribution in [-0.2, 0) is 4.79 Å². The van der Waals surface area contributed by atoms with Gasteiger partial charge in [-0.25, -0.2) is 5.10 Å². The van der Waals surface area contributed by atoms with E-state index in [2.05, 4.69) is 10.2 Å². The number of likely N-dealkylation sites (N-methyl/N-ethyl adjacent to an activating group) is 1. The third-order valence-electron chi connectivity index (χ3n) is 4.31. The first kappa shape index (κ1) is 16.1. The molecule has 3 N–H and O–H groups in total. The smallest absolute Gasteiger partial charge is 0.275 e. The van der Waals surface area contributed by atoms with Crippen molar-refractivity contribution in [1.82, 2.24) is 20.0 Å². The Morgan fingerprint density at radius 1 is 1.21 bits per heavy atom. The number of nitrogens with zero attached hydrogens (tertiary/aromatic N) is 3. The van der Waals surface area contributed by atoms with Crippen LogP contribution >= 0.6 is 0 Å². The highest BCUT2D eigenvalue weighted by atomic mass is 16.2. The molecule has 0 aliphatic carbocycles. The summed E-state index contributed by atoms with van der Waals surface area (Å²) in [6.07, 6.45) is 0. The summed E-state index contributed by atoms with van der Waals surface area (Å²) in [5, 5.41) is 7.22. The molecule has 3 rings (SSSR count). The number of carbonyl (C=O) groups is 2. The van der Waals surface area contributed by atoms with E-state index in [-0.39, 0.29) is 23.7 Å².